The Morgan fingerprint density at radius 3 is 2.74 bits per heavy atom. The Balaban J connectivity index is 1.54. The van der Waals surface area contributed by atoms with E-state index in [1.54, 1.807) is 0 Å². The Hall–Kier alpha value is -1.07. The van der Waals surface area contributed by atoms with Gasteiger partial charge < -0.3 is 15.1 Å². The number of rotatable bonds is 4. The van der Waals surface area contributed by atoms with Crippen molar-refractivity contribution in [2.24, 2.45) is 10.9 Å². The Bertz CT molecular complexity index is 425. The minimum Gasteiger partial charge on any atom is -0.357 e. The summed E-state index contributed by atoms with van der Waals surface area (Å²) in [5.41, 5.74) is 0. The highest BCUT2D eigenvalue weighted by molar-refractivity contribution is 5.80. The summed E-state index contributed by atoms with van der Waals surface area (Å²) in [6.07, 6.45) is 8.50. The fourth-order valence-electron chi connectivity index (χ4n) is 4.09. The van der Waals surface area contributed by atoms with Crippen molar-refractivity contribution in [3.05, 3.63) is 12.2 Å². The zero-order valence-corrected chi connectivity index (χ0v) is 14.9. The Labute approximate surface area is 141 Å². The number of nitrogens with zero attached hydrogens (tertiary/aromatic N) is 4. The highest BCUT2D eigenvalue weighted by Crippen LogP contribution is 2.19. The minimum atomic E-state index is 0.690. The summed E-state index contributed by atoms with van der Waals surface area (Å²) in [5, 5.41) is 3.51. The fourth-order valence-corrected chi connectivity index (χ4v) is 4.09. The van der Waals surface area contributed by atoms with Crippen LogP contribution >= 0.6 is 0 Å². The molecule has 2 saturated heterocycles. The summed E-state index contributed by atoms with van der Waals surface area (Å²) < 4.78 is 0. The lowest BCUT2D eigenvalue weighted by Crippen LogP contribution is -2.43. The third kappa shape index (κ3) is 4.48. The molecule has 3 rings (SSSR count). The summed E-state index contributed by atoms with van der Waals surface area (Å²) >= 11 is 0. The van der Waals surface area contributed by atoms with Crippen LogP contribution < -0.4 is 5.32 Å². The van der Waals surface area contributed by atoms with Gasteiger partial charge in [0, 0.05) is 51.9 Å². The van der Waals surface area contributed by atoms with Gasteiger partial charge in [-0.15, -0.1) is 0 Å². The first-order valence-electron chi connectivity index (χ1n) is 9.37. The van der Waals surface area contributed by atoms with Gasteiger partial charge in [0.1, 0.15) is 0 Å². The predicted molar refractivity (Wildman–Crippen MR) is 96.9 cm³/mol. The monoisotopic (exact) mass is 319 g/mol. The second-order valence-corrected chi connectivity index (χ2v) is 7.28. The van der Waals surface area contributed by atoms with Crippen LogP contribution in [0.1, 0.15) is 26.2 Å². The molecule has 2 unspecified atom stereocenters. The van der Waals surface area contributed by atoms with Gasteiger partial charge in [-0.2, -0.15) is 0 Å². The largest absolute Gasteiger partial charge is 0.357 e. The number of likely N-dealkylation sites (tertiary alicyclic amines) is 2. The van der Waals surface area contributed by atoms with Crippen LogP contribution in [0.15, 0.2) is 17.1 Å². The van der Waals surface area contributed by atoms with E-state index in [1.807, 2.05) is 0 Å². The molecule has 0 aromatic carbocycles. The molecule has 130 valence electrons. The molecule has 5 nitrogen and oxygen atoms in total. The van der Waals surface area contributed by atoms with E-state index in [1.165, 1.54) is 32.4 Å². The number of guanidine groups is 1. The van der Waals surface area contributed by atoms with Gasteiger partial charge in [0.2, 0.25) is 0 Å². The molecule has 3 aliphatic rings. The molecule has 0 radical (unpaired) electrons. The van der Waals surface area contributed by atoms with E-state index < -0.39 is 0 Å². The lowest BCUT2D eigenvalue weighted by Gasteiger charge is -2.29. The number of hydrogen-bond acceptors (Lipinski definition) is 3. The molecule has 0 aromatic heterocycles. The lowest BCUT2D eigenvalue weighted by molar-refractivity contribution is 0.214. The maximum atomic E-state index is 4.99. The van der Waals surface area contributed by atoms with Crippen LogP contribution in [0.4, 0.5) is 0 Å². The second kappa shape index (κ2) is 8.15. The minimum absolute atomic E-state index is 0.690. The van der Waals surface area contributed by atoms with Crippen LogP contribution in [0, 0.1) is 5.92 Å². The van der Waals surface area contributed by atoms with Gasteiger partial charge in [-0.25, -0.2) is 0 Å². The number of aliphatic imine (C=N–C) groups is 1. The first-order chi connectivity index (χ1) is 11.3. The summed E-state index contributed by atoms with van der Waals surface area (Å²) in [6, 6.07) is 0.690. The molecule has 0 aliphatic carbocycles. The van der Waals surface area contributed by atoms with Crippen LogP contribution in [-0.2, 0) is 0 Å². The quantitative estimate of drug-likeness (QED) is 0.480. The standard InChI is InChI=1S/C18H33N5/c1-3-19-18(20-13-16-7-6-9-21(2)14-16)23-12-8-17(15-23)22-10-4-5-11-22/h4-5,16-17H,3,6-15H2,1-2H3,(H,19,20). The summed E-state index contributed by atoms with van der Waals surface area (Å²) in [6.45, 7) is 11.1. The first kappa shape index (κ1) is 16.8. The second-order valence-electron chi connectivity index (χ2n) is 7.28. The maximum absolute atomic E-state index is 4.99. The van der Waals surface area contributed by atoms with Crippen molar-refractivity contribution in [3.8, 4) is 0 Å². The molecule has 5 heteroatoms. The average molecular weight is 319 g/mol. The summed E-state index contributed by atoms with van der Waals surface area (Å²) in [7, 11) is 2.23. The average Bonchev–Trinajstić information content (AvgIpc) is 3.22. The van der Waals surface area contributed by atoms with Crippen molar-refractivity contribution < 1.29 is 0 Å². The third-order valence-corrected chi connectivity index (χ3v) is 5.38. The zero-order chi connectivity index (χ0) is 16.1. The molecule has 0 spiro atoms. The van der Waals surface area contributed by atoms with Crippen LogP contribution in [-0.4, -0.2) is 86.1 Å². The van der Waals surface area contributed by atoms with E-state index in [9.17, 15) is 0 Å². The smallest absolute Gasteiger partial charge is 0.193 e. The van der Waals surface area contributed by atoms with E-state index in [-0.39, 0.29) is 0 Å². The van der Waals surface area contributed by atoms with E-state index >= 15 is 0 Å². The molecule has 2 atom stereocenters. The van der Waals surface area contributed by atoms with Crippen molar-refractivity contribution in [1.82, 2.24) is 20.0 Å². The third-order valence-electron chi connectivity index (χ3n) is 5.38. The SMILES string of the molecule is CCNC(=NCC1CCCN(C)C1)N1CCC(N2CC=CC2)C1. The molecule has 2 fully saturated rings. The highest BCUT2D eigenvalue weighted by Gasteiger charge is 2.29. The molecule has 0 bridgehead atoms. The van der Waals surface area contributed by atoms with Crippen LogP contribution in [0.3, 0.4) is 0 Å². The summed E-state index contributed by atoms with van der Waals surface area (Å²) in [4.78, 5) is 12.5. The van der Waals surface area contributed by atoms with Crippen LogP contribution in [0.25, 0.3) is 0 Å². The van der Waals surface area contributed by atoms with Gasteiger partial charge >= 0.3 is 0 Å². The van der Waals surface area contributed by atoms with Gasteiger partial charge in [0.15, 0.2) is 5.96 Å². The highest BCUT2D eigenvalue weighted by atomic mass is 15.3. The van der Waals surface area contributed by atoms with E-state index in [0.717, 1.165) is 51.1 Å². The maximum Gasteiger partial charge on any atom is 0.193 e. The van der Waals surface area contributed by atoms with Crippen molar-refractivity contribution in [2.75, 3.05) is 59.4 Å². The normalized spacial score (nSPS) is 30.3. The van der Waals surface area contributed by atoms with E-state index in [2.05, 4.69) is 46.1 Å². The molecule has 0 aromatic rings. The number of piperidine rings is 1. The van der Waals surface area contributed by atoms with Crippen molar-refractivity contribution in [2.45, 2.75) is 32.2 Å². The number of hydrogen-bond donors (Lipinski definition) is 1. The van der Waals surface area contributed by atoms with Crippen molar-refractivity contribution >= 4 is 5.96 Å². The van der Waals surface area contributed by atoms with Gasteiger partial charge in [-0.05, 0) is 45.7 Å². The summed E-state index contributed by atoms with van der Waals surface area (Å²) in [5.74, 6) is 1.86. The Morgan fingerprint density at radius 2 is 2.00 bits per heavy atom. The van der Waals surface area contributed by atoms with Gasteiger partial charge in [-0.3, -0.25) is 9.89 Å². The van der Waals surface area contributed by atoms with Gasteiger partial charge in [-0.1, -0.05) is 12.2 Å². The first-order valence-corrected chi connectivity index (χ1v) is 9.37. The van der Waals surface area contributed by atoms with Crippen LogP contribution in [0.5, 0.6) is 0 Å². The Kier molecular flexibility index (Phi) is 5.95. The Morgan fingerprint density at radius 1 is 1.17 bits per heavy atom. The topological polar surface area (TPSA) is 34.1 Å². The van der Waals surface area contributed by atoms with Gasteiger partial charge in [0.25, 0.3) is 0 Å². The molecule has 0 amide bonds. The van der Waals surface area contributed by atoms with Crippen LogP contribution in [0.2, 0.25) is 0 Å². The molecule has 0 saturated carbocycles. The molecule has 3 heterocycles. The molecule has 1 N–H and O–H groups in total. The lowest BCUT2D eigenvalue weighted by atomic mass is 9.99. The molecular weight excluding hydrogens is 286 g/mol. The van der Waals surface area contributed by atoms with E-state index in [0.29, 0.717) is 6.04 Å². The van der Waals surface area contributed by atoms with E-state index in [4.69, 9.17) is 4.99 Å². The fraction of sp³-hybridized carbons (Fsp3) is 0.833. The zero-order valence-electron chi connectivity index (χ0n) is 14.9. The number of nitrogens with one attached hydrogen (secondary N) is 1. The molecule has 23 heavy (non-hydrogen) atoms. The van der Waals surface area contributed by atoms with Crippen molar-refractivity contribution in [1.29, 1.82) is 0 Å². The van der Waals surface area contributed by atoms with Crippen molar-refractivity contribution in [3.63, 3.8) is 0 Å². The molecule has 3 aliphatic heterocycles. The molecular formula is C18H33N5. The predicted octanol–water partition coefficient (Wildman–Crippen LogP) is 1.24. The van der Waals surface area contributed by atoms with Gasteiger partial charge in [0.05, 0.1) is 0 Å².